The van der Waals surface area contributed by atoms with E-state index in [1.807, 2.05) is 25.1 Å². The fraction of sp³-hybridized carbons (Fsp3) is 0.259. The number of hydrogen-bond acceptors (Lipinski definition) is 2. The van der Waals surface area contributed by atoms with Crippen molar-refractivity contribution in [2.24, 2.45) is 0 Å². The average Bonchev–Trinajstić information content (AvgIpc) is 2.82. The molecule has 0 aliphatic carbocycles. The van der Waals surface area contributed by atoms with Gasteiger partial charge in [0.2, 0.25) is 0 Å². The third-order valence-corrected chi connectivity index (χ3v) is 5.79. The SMILES string of the molecule is CC=CC1OCC(c2ccc(-c3ccc(-c4ccc(CC)c(F)c4F)cc3)c(F)c2)CO1. The number of allylic oxidation sites excluding steroid dienone is 1. The van der Waals surface area contributed by atoms with Crippen LogP contribution in [-0.4, -0.2) is 19.5 Å². The van der Waals surface area contributed by atoms with Crippen LogP contribution in [0.25, 0.3) is 22.3 Å². The number of ether oxygens (including phenoxy) is 2. The lowest BCUT2D eigenvalue weighted by Crippen LogP contribution is -2.29. The highest BCUT2D eigenvalue weighted by Crippen LogP contribution is 2.32. The highest BCUT2D eigenvalue weighted by Gasteiger charge is 2.23. The maximum absolute atomic E-state index is 14.9. The molecule has 3 aromatic carbocycles. The van der Waals surface area contributed by atoms with Crippen molar-refractivity contribution in [1.29, 1.82) is 0 Å². The number of hydrogen-bond donors (Lipinski definition) is 0. The summed E-state index contributed by atoms with van der Waals surface area (Å²) in [6.07, 6.45) is 3.78. The molecule has 0 atom stereocenters. The molecule has 0 spiro atoms. The molecule has 3 aromatic rings. The Bertz CT molecular complexity index is 1110. The smallest absolute Gasteiger partial charge is 0.176 e. The van der Waals surface area contributed by atoms with E-state index in [1.54, 1.807) is 49.4 Å². The summed E-state index contributed by atoms with van der Waals surface area (Å²) in [6.45, 7) is 4.60. The lowest BCUT2D eigenvalue weighted by atomic mass is 9.95. The lowest BCUT2D eigenvalue weighted by Gasteiger charge is -2.28. The van der Waals surface area contributed by atoms with Gasteiger partial charge in [0.25, 0.3) is 0 Å². The summed E-state index contributed by atoms with van der Waals surface area (Å²) in [7, 11) is 0. The molecule has 0 bridgehead atoms. The monoisotopic (exact) mass is 438 g/mol. The fourth-order valence-electron chi connectivity index (χ4n) is 3.91. The molecule has 0 aromatic heterocycles. The first-order chi connectivity index (χ1) is 15.5. The van der Waals surface area contributed by atoms with E-state index in [1.165, 1.54) is 6.07 Å². The summed E-state index contributed by atoms with van der Waals surface area (Å²) in [5.41, 5.74) is 2.99. The van der Waals surface area contributed by atoms with E-state index in [4.69, 9.17) is 9.47 Å². The second-order valence-electron chi connectivity index (χ2n) is 7.83. The number of rotatable bonds is 5. The van der Waals surface area contributed by atoms with Crippen LogP contribution in [0.15, 0.2) is 66.7 Å². The Balaban J connectivity index is 1.53. The van der Waals surface area contributed by atoms with Crippen molar-refractivity contribution in [2.45, 2.75) is 32.5 Å². The van der Waals surface area contributed by atoms with Crippen LogP contribution < -0.4 is 0 Å². The normalized spacial score (nSPS) is 18.9. The molecule has 5 heteroatoms. The van der Waals surface area contributed by atoms with Gasteiger partial charge in [-0.3, -0.25) is 0 Å². The molecule has 166 valence electrons. The quantitative estimate of drug-likeness (QED) is 0.398. The molecule has 1 heterocycles. The van der Waals surface area contributed by atoms with Crippen LogP contribution in [0.2, 0.25) is 0 Å². The Morgan fingerprint density at radius 1 is 0.844 bits per heavy atom. The highest BCUT2D eigenvalue weighted by molar-refractivity contribution is 5.71. The average molecular weight is 438 g/mol. The van der Waals surface area contributed by atoms with Gasteiger partial charge in [-0.25, -0.2) is 13.2 Å². The van der Waals surface area contributed by atoms with E-state index < -0.39 is 11.6 Å². The van der Waals surface area contributed by atoms with Gasteiger partial charge in [-0.15, -0.1) is 0 Å². The summed E-state index contributed by atoms with van der Waals surface area (Å²) < 4.78 is 54.8. The van der Waals surface area contributed by atoms with Gasteiger partial charge in [-0.1, -0.05) is 61.5 Å². The minimum atomic E-state index is -0.860. The van der Waals surface area contributed by atoms with E-state index in [0.717, 1.165) is 5.56 Å². The van der Waals surface area contributed by atoms with Crippen LogP contribution in [0, 0.1) is 17.5 Å². The van der Waals surface area contributed by atoms with Crippen molar-refractivity contribution in [3.8, 4) is 22.3 Å². The van der Waals surface area contributed by atoms with E-state index in [0.29, 0.717) is 41.9 Å². The van der Waals surface area contributed by atoms with Gasteiger partial charge in [-0.05, 0) is 47.7 Å². The molecule has 32 heavy (non-hydrogen) atoms. The van der Waals surface area contributed by atoms with E-state index >= 15 is 0 Å². The van der Waals surface area contributed by atoms with Crippen molar-refractivity contribution in [3.63, 3.8) is 0 Å². The van der Waals surface area contributed by atoms with Crippen molar-refractivity contribution in [2.75, 3.05) is 13.2 Å². The molecular weight excluding hydrogens is 413 g/mol. The largest absolute Gasteiger partial charge is 0.348 e. The molecular formula is C27H25F3O2. The zero-order valence-corrected chi connectivity index (χ0v) is 18.1. The van der Waals surface area contributed by atoms with Gasteiger partial charge in [0, 0.05) is 17.0 Å². The van der Waals surface area contributed by atoms with E-state index in [-0.39, 0.29) is 23.6 Å². The standard InChI is InChI=1S/C27H25F3O2/c1-3-5-25-31-15-21(16-32-25)20-11-12-22(24(28)14-20)18-6-8-19(9-7-18)23-13-10-17(4-2)26(29)27(23)30/h3,5-14,21,25H,4,15-16H2,1-2H3. The molecule has 0 N–H and O–H groups in total. The second-order valence-corrected chi connectivity index (χ2v) is 7.83. The van der Waals surface area contributed by atoms with Crippen molar-refractivity contribution in [1.82, 2.24) is 0 Å². The Kier molecular flexibility index (Phi) is 6.77. The molecule has 1 fully saturated rings. The Morgan fingerprint density at radius 2 is 1.47 bits per heavy atom. The molecule has 0 amide bonds. The maximum atomic E-state index is 14.9. The molecule has 4 rings (SSSR count). The van der Waals surface area contributed by atoms with Gasteiger partial charge < -0.3 is 9.47 Å². The van der Waals surface area contributed by atoms with Gasteiger partial charge in [0.1, 0.15) is 5.82 Å². The van der Waals surface area contributed by atoms with Crippen molar-refractivity contribution in [3.05, 3.63) is 95.3 Å². The predicted octanol–water partition coefficient (Wildman–Crippen LogP) is 7.03. The Morgan fingerprint density at radius 3 is 2.06 bits per heavy atom. The topological polar surface area (TPSA) is 18.5 Å². The minimum Gasteiger partial charge on any atom is -0.348 e. The summed E-state index contributed by atoms with van der Waals surface area (Å²) >= 11 is 0. The molecule has 1 aliphatic rings. The summed E-state index contributed by atoms with van der Waals surface area (Å²) in [6, 6.07) is 15.1. The Hall–Kier alpha value is -2.89. The molecule has 0 radical (unpaired) electrons. The first-order valence-electron chi connectivity index (χ1n) is 10.7. The van der Waals surface area contributed by atoms with E-state index in [9.17, 15) is 13.2 Å². The molecule has 0 unspecified atom stereocenters. The summed E-state index contributed by atoms with van der Waals surface area (Å²) in [4.78, 5) is 0. The van der Waals surface area contributed by atoms with Crippen LogP contribution in [-0.2, 0) is 15.9 Å². The minimum absolute atomic E-state index is 0.0357. The van der Waals surface area contributed by atoms with Gasteiger partial charge in [-0.2, -0.15) is 0 Å². The zero-order valence-electron chi connectivity index (χ0n) is 18.1. The van der Waals surface area contributed by atoms with Gasteiger partial charge >= 0.3 is 0 Å². The predicted molar refractivity (Wildman–Crippen MR) is 120 cm³/mol. The molecule has 2 nitrogen and oxygen atoms in total. The number of benzene rings is 3. The van der Waals surface area contributed by atoms with Crippen LogP contribution in [0.1, 0.15) is 30.9 Å². The van der Waals surface area contributed by atoms with E-state index in [2.05, 4.69) is 0 Å². The summed E-state index contributed by atoms with van der Waals surface area (Å²) in [5.74, 6) is -2.06. The first kappa shape index (κ1) is 22.3. The molecule has 1 saturated heterocycles. The number of halogens is 3. The van der Waals surface area contributed by atoms with Gasteiger partial charge in [0.05, 0.1) is 13.2 Å². The van der Waals surface area contributed by atoms with Crippen LogP contribution in [0.5, 0.6) is 0 Å². The molecule has 1 aliphatic heterocycles. The van der Waals surface area contributed by atoms with Crippen LogP contribution in [0.4, 0.5) is 13.2 Å². The highest BCUT2D eigenvalue weighted by atomic mass is 19.2. The summed E-state index contributed by atoms with van der Waals surface area (Å²) in [5, 5.41) is 0. The third kappa shape index (κ3) is 4.50. The van der Waals surface area contributed by atoms with Gasteiger partial charge in [0.15, 0.2) is 17.9 Å². The van der Waals surface area contributed by atoms with Crippen molar-refractivity contribution < 1.29 is 22.6 Å². The Labute approximate surface area is 186 Å². The van der Waals surface area contributed by atoms with Crippen molar-refractivity contribution >= 4 is 0 Å². The molecule has 0 saturated carbocycles. The third-order valence-electron chi connectivity index (χ3n) is 5.79. The van der Waals surface area contributed by atoms with Crippen LogP contribution in [0.3, 0.4) is 0 Å². The second kappa shape index (κ2) is 9.72. The maximum Gasteiger partial charge on any atom is 0.176 e. The lowest BCUT2D eigenvalue weighted by molar-refractivity contribution is -0.159. The fourth-order valence-corrected chi connectivity index (χ4v) is 3.91. The number of aryl methyl sites for hydroxylation is 1. The zero-order chi connectivity index (χ0) is 22.7. The first-order valence-corrected chi connectivity index (χ1v) is 10.7. The van der Waals surface area contributed by atoms with Crippen LogP contribution >= 0.6 is 0 Å².